The van der Waals surface area contributed by atoms with Gasteiger partial charge >= 0.3 is 0 Å². The van der Waals surface area contributed by atoms with Crippen LogP contribution in [0.3, 0.4) is 0 Å². The van der Waals surface area contributed by atoms with Crippen molar-refractivity contribution in [2.24, 2.45) is 0 Å². The van der Waals surface area contributed by atoms with Gasteiger partial charge in [0.1, 0.15) is 11.6 Å². The number of carbonyl (C=O) groups excluding carboxylic acids is 1. The number of para-hydroxylation sites is 1. The fourth-order valence-corrected chi connectivity index (χ4v) is 5.24. The first-order valence-electron chi connectivity index (χ1n) is 10.4. The molecule has 0 atom stereocenters. The van der Waals surface area contributed by atoms with Gasteiger partial charge in [-0.15, -0.1) is 0 Å². The number of fused-ring (bicyclic) bond motifs is 2. The van der Waals surface area contributed by atoms with Crippen molar-refractivity contribution in [3.05, 3.63) is 83.2 Å². The molecule has 6 heteroatoms. The van der Waals surface area contributed by atoms with Crippen molar-refractivity contribution in [3.63, 3.8) is 0 Å². The molecule has 2 aliphatic rings. The Morgan fingerprint density at radius 3 is 2.71 bits per heavy atom. The first-order chi connectivity index (χ1) is 15.1. The molecule has 31 heavy (non-hydrogen) atoms. The average molecular weight is 435 g/mol. The number of hydrogen-bond acceptors (Lipinski definition) is 4. The summed E-state index contributed by atoms with van der Waals surface area (Å²) in [6, 6.07) is 18.6. The second-order valence-corrected chi connectivity index (χ2v) is 8.96. The van der Waals surface area contributed by atoms with Crippen LogP contribution in [-0.4, -0.2) is 13.0 Å². The summed E-state index contributed by atoms with van der Waals surface area (Å²) in [4.78, 5) is 13.8. The van der Waals surface area contributed by atoms with Crippen molar-refractivity contribution in [3.8, 4) is 5.75 Å². The fraction of sp³-hybridized carbons (Fsp3) is 0.240. The monoisotopic (exact) mass is 434 g/mol. The molecule has 0 bridgehead atoms. The standard InChI is InChI=1S/C25H23FN2O2S/c1-30-21-8-2-3-9-22(21)31-28-19-14-17(12-16-6-4-7-18(26)13-16)23-20(15-19)25(10-5-11-25)24(29)27-23/h2-4,6-9,13-15,28H,5,10-12H2,1H3,(H,27,29). The normalized spacial score (nSPS) is 15.9. The predicted molar refractivity (Wildman–Crippen MR) is 122 cm³/mol. The maximum absolute atomic E-state index is 13.8. The van der Waals surface area contributed by atoms with Crippen LogP contribution in [0, 0.1) is 5.82 Å². The quantitative estimate of drug-likeness (QED) is 0.473. The summed E-state index contributed by atoms with van der Waals surface area (Å²) >= 11 is 1.47. The molecule has 2 N–H and O–H groups in total. The van der Waals surface area contributed by atoms with Crippen molar-refractivity contribution in [1.82, 2.24) is 0 Å². The van der Waals surface area contributed by atoms with Gasteiger partial charge in [0, 0.05) is 11.4 Å². The van der Waals surface area contributed by atoms with Crippen LogP contribution in [0.25, 0.3) is 0 Å². The number of ether oxygens (including phenoxy) is 1. The average Bonchev–Trinajstić information content (AvgIpc) is 3.05. The fourth-order valence-electron chi connectivity index (χ4n) is 4.49. The van der Waals surface area contributed by atoms with Crippen LogP contribution in [0.15, 0.2) is 65.6 Å². The van der Waals surface area contributed by atoms with Crippen molar-refractivity contribution >= 4 is 29.2 Å². The molecule has 0 radical (unpaired) electrons. The smallest absolute Gasteiger partial charge is 0.235 e. The van der Waals surface area contributed by atoms with Gasteiger partial charge in [0.05, 0.1) is 17.4 Å². The van der Waals surface area contributed by atoms with Crippen molar-refractivity contribution in [1.29, 1.82) is 0 Å². The molecule has 0 saturated heterocycles. The molecular formula is C25H23FN2O2S. The molecule has 1 aliphatic heterocycles. The number of amides is 1. The van der Waals surface area contributed by atoms with Crippen LogP contribution in [-0.2, 0) is 16.6 Å². The largest absolute Gasteiger partial charge is 0.496 e. The zero-order valence-electron chi connectivity index (χ0n) is 17.2. The molecule has 5 rings (SSSR count). The number of halogens is 1. The highest BCUT2D eigenvalue weighted by Crippen LogP contribution is 2.53. The van der Waals surface area contributed by atoms with Crippen molar-refractivity contribution in [2.45, 2.75) is 36.0 Å². The Labute approximate surface area is 185 Å². The first kappa shape index (κ1) is 19.9. The van der Waals surface area contributed by atoms with Crippen LogP contribution in [0.2, 0.25) is 0 Å². The first-order valence-corrected chi connectivity index (χ1v) is 11.2. The Kier molecular flexibility index (Phi) is 5.10. The summed E-state index contributed by atoms with van der Waals surface area (Å²) < 4.78 is 22.6. The van der Waals surface area contributed by atoms with E-state index in [0.717, 1.165) is 58.0 Å². The van der Waals surface area contributed by atoms with E-state index in [1.165, 1.54) is 18.0 Å². The van der Waals surface area contributed by atoms with Crippen LogP contribution in [0.1, 0.15) is 36.0 Å². The maximum atomic E-state index is 13.8. The molecule has 3 aromatic carbocycles. The molecule has 1 fully saturated rings. The molecule has 1 amide bonds. The minimum Gasteiger partial charge on any atom is -0.496 e. The van der Waals surface area contributed by atoms with Gasteiger partial charge in [0.15, 0.2) is 0 Å². The van der Waals surface area contributed by atoms with E-state index in [1.807, 2.05) is 36.4 Å². The van der Waals surface area contributed by atoms with E-state index >= 15 is 0 Å². The lowest BCUT2D eigenvalue weighted by Crippen LogP contribution is -2.40. The number of nitrogens with one attached hydrogen (secondary N) is 2. The van der Waals surface area contributed by atoms with Gasteiger partial charge in [0.25, 0.3) is 0 Å². The number of anilines is 2. The Bertz CT molecular complexity index is 1160. The number of rotatable bonds is 6. The number of benzene rings is 3. The summed E-state index contributed by atoms with van der Waals surface area (Å²) in [7, 11) is 1.66. The molecule has 3 aromatic rings. The van der Waals surface area contributed by atoms with Gasteiger partial charge in [-0.05, 0) is 84.3 Å². The minimum absolute atomic E-state index is 0.0868. The van der Waals surface area contributed by atoms with Gasteiger partial charge in [-0.2, -0.15) is 0 Å². The van der Waals surface area contributed by atoms with Gasteiger partial charge in [0.2, 0.25) is 5.91 Å². The minimum atomic E-state index is -0.418. The molecular weight excluding hydrogens is 411 g/mol. The molecule has 158 valence electrons. The summed E-state index contributed by atoms with van der Waals surface area (Å²) in [6.07, 6.45) is 3.34. The van der Waals surface area contributed by atoms with Gasteiger partial charge in [-0.3, -0.25) is 4.79 Å². The SMILES string of the molecule is COc1ccccc1SNc1cc(Cc2cccc(F)c2)c2c(c1)C1(CCC1)C(=O)N2. The number of hydrogen-bond donors (Lipinski definition) is 2. The lowest BCUT2D eigenvalue weighted by atomic mass is 9.65. The van der Waals surface area contributed by atoms with Crippen LogP contribution in [0.4, 0.5) is 15.8 Å². The van der Waals surface area contributed by atoms with E-state index in [9.17, 15) is 9.18 Å². The Morgan fingerprint density at radius 1 is 1.13 bits per heavy atom. The van der Waals surface area contributed by atoms with Gasteiger partial charge in [-0.1, -0.05) is 30.7 Å². The zero-order chi connectivity index (χ0) is 21.4. The summed E-state index contributed by atoms with van der Waals surface area (Å²) in [5.41, 5.74) is 4.31. The van der Waals surface area contributed by atoms with E-state index in [-0.39, 0.29) is 11.7 Å². The second kappa shape index (κ2) is 7.93. The number of carbonyl (C=O) groups is 1. The number of methoxy groups -OCH3 is 1. The Morgan fingerprint density at radius 2 is 1.97 bits per heavy atom. The highest BCUT2D eigenvalue weighted by molar-refractivity contribution is 8.00. The second-order valence-electron chi connectivity index (χ2n) is 8.11. The van der Waals surface area contributed by atoms with Crippen LogP contribution in [0.5, 0.6) is 5.75 Å². The van der Waals surface area contributed by atoms with E-state index in [4.69, 9.17) is 4.74 Å². The molecule has 4 nitrogen and oxygen atoms in total. The van der Waals surface area contributed by atoms with Crippen LogP contribution < -0.4 is 14.8 Å². The lowest BCUT2D eigenvalue weighted by Gasteiger charge is -2.36. The Balaban J connectivity index is 1.51. The molecule has 1 saturated carbocycles. The molecule has 1 spiro atoms. The van der Waals surface area contributed by atoms with Gasteiger partial charge < -0.3 is 14.8 Å². The van der Waals surface area contributed by atoms with E-state index in [0.29, 0.717) is 6.42 Å². The van der Waals surface area contributed by atoms with E-state index < -0.39 is 5.41 Å². The third-order valence-electron chi connectivity index (χ3n) is 6.25. The highest BCUT2D eigenvalue weighted by atomic mass is 32.2. The molecule has 1 heterocycles. The molecule has 0 unspecified atom stereocenters. The summed E-state index contributed by atoms with van der Waals surface area (Å²) in [5.74, 6) is 0.631. The Hall–Kier alpha value is -2.99. The maximum Gasteiger partial charge on any atom is 0.235 e. The topological polar surface area (TPSA) is 50.4 Å². The van der Waals surface area contributed by atoms with Crippen LogP contribution >= 0.6 is 11.9 Å². The highest BCUT2D eigenvalue weighted by Gasteiger charge is 2.51. The lowest BCUT2D eigenvalue weighted by molar-refractivity contribution is -0.123. The summed E-state index contributed by atoms with van der Waals surface area (Å²) in [6.45, 7) is 0. The predicted octanol–water partition coefficient (Wildman–Crippen LogP) is 5.92. The van der Waals surface area contributed by atoms with Crippen molar-refractivity contribution in [2.75, 3.05) is 17.1 Å². The van der Waals surface area contributed by atoms with E-state index in [1.54, 1.807) is 19.2 Å². The zero-order valence-corrected chi connectivity index (χ0v) is 18.0. The summed E-state index contributed by atoms with van der Waals surface area (Å²) in [5, 5.41) is 3.13. The molecule has 0 aromatic heterocycles. The van der Waals surface area contributed by atoms with Crippen molar-refractivity contribution < 1.29 is 13.9 Å². The van der Waals surface area contributed by atoms with Gasteiger partial charge in [-0.25, -0.2) is 4.39 Å². The van der Waals surface area contributed by atoms with E-state index in [2.05, 4.69) is 16.1 Å². The molecule has 1 aliphatic carbocycles. The third-order valence-corrected chi connectivity index (χ3v) is 7.14. The third kappa shape index (κ3) is 3.55.